The monoisotopic (exact) mass is 283 g/mol. The summed E-state index contributed by atoms with van der Waals surface area (Å²) < 4.78 is 12.8. The fourth-order valence-corrected chi connectivity index (χ4v) is 2.62. The van der Waals surface area contributed by atoms with Crippen LogP contribution < -0.4 is 4.90 Å². The molecule has 1 aliphatic rings. The number of rotatable bonds is 4. The maximum absolute atomic E-state index is 12.8. The molecule has 0 aromatic heterocycles. The number of hydrogen-bond donors (Lipinski definition) is 1. The highest BCUT2D eigenvalue weighted by molar-refractivity contribution is 8.01. The third kappa shape index (κ3) is 2.93. The number of amides is 2. The number of thioether (sulfide) groups is 1. The first kappa shape index (κ1) is 13.5. The molecule has 2 amide bonds. The molecule has 1 N–H and O–H groups in total. The van der Waals surface area contributed by atoms with Gasteiger partial charge in [-0.3, -0.25) is 14.4 Å². The smallest absolute Gasteiger partial charge is 0.313 e. The van der Waals surface area contributed by atoms with E-state index < -0.39 is 28.9 Å². The highest BCUT2D eigenvalue weighted by atomic mass is 32.2. The summed E-state index contributed by atoms with van der Waals surface area (Å²) in [6, 6.07) is 5.01. The molecule has 0 spiro atoms. The second-order valence-electron chi connectivity index (χ2n) is 3.94. The third-order valence-electron chi connectivity index (χ3n) is 2.60. The van der Waals surface area contributed by atoms with E-state index in [0.717, 1.165) is 28.8 Å². The lowest BCUT2D eigenvalue weighted by atomic mass is 10.3. The molecule has 1 aromatic carbocycles. The maximum atomic E-state index is 12.8. The standard InChI is InChI=1S/C12H10FNO4S/c13-7-1-3-8(4-2-7)14-10(15)5-9(12(14)18)19-6-11(16)17/h1-4,9H,5-6H2,(H,16,17)/t9-/m0/s1. The Kier molecular flexibility index (Phi) is 3.84. The Morgan fingerprint density at radius 1 is 1.37 bits per heavy atom. The summed E-state index contributed by atoms with van der Waals surface area (Å²) in [5.74, 6) is -2.59. The number of imide groups is 1. The molecule has 1 saturated heterocycles. The Bertz CT molecular complexity index is 531. The molecule has 1 heterocycles. The molecule has 1 fully saturated rings. The number of aliphatic carboxylic acids is 1. The van der Waals surface area contributed by atoms with E-state index in [0.29, 0.717) is 5.69 Å². The molecule has 0 aliphatic carbocycles. The van der Waals surface area contributed by atoms with E-state index in [1.54, 1.807) is 0 Å². The van der Waals surface area contributed by atoms with E-state index in [9.17, 15) is 18.8 Å². The Balaban J connectivity index is 2.14. The van der Waals surface area contributed by atoms with E-state index >= 15 is 0 Å². The summed E-state index contributed by atoms with van der Waals surface area (Å²) in [4.78, 5) is 35.2. The van der Waals surface area contributed by atoms with Gasteiger partial charge in [0.2, 0.25) is 11.8 Å². The second kappa shape index (κ2) is 5.40. The van der Waals surface area contributed by atoms with Gasteiger partial charge in [-0.25, -0.2) is 9.29 Å². The normalized spacial score (nSPS) is 19.0. The van der Waals surface area contributed by atoms with Gasteiger partial charge in [-0.15, -0.1) is 11.8 Å². The number of anilines is 1. The van der Waals surface area contributed by atoms with Crippen LogP contribution in [0.25, 0.3) is 0 Å². The number of halogens is 1. The molecule has 1 aromatic rings. The zero-order chi connectivity index (χ0) is 14.0. The van der Waals surface area contributed by atoms with Gasteiger partial charge in [0.25, 0.3) is 0 Å². The van der Waals surface area contributed by atoms with Gasteiger partial charge in [-0.1, -0.05) is 0 Å². The topological polar surface area (TPSA) is 74.7 Å². The van der Waals surface area contributed by atoms with Crippen molar-refractivity contribution in [2.75, 3.05) is 10.7 Å². The van der Waals surface area contributed by atoms with Gasteiger partial charge in [0, 0.05) is 6.42 Å². The molecule has 2 rings (SSSR count). The van der Waals surface area contributed by atoms with Crippen molar-refractivity contribution in [2.45, 2.75) is 11.7 Å². The highest BCUT2D eigenvalue weighted by Crippen LogP contribution is 2.29. The number of nitrogens with zero attached hydrogens (tertiary/aromatic N) is 1. The summed E-state index contributed by atoms with van der Waals surface area (Å²) in [5, 5.41) is 7.88. The zero-order valence-corrected chi connectivity index (χ0v) is 10.5. The first-order valence-electron chi connectivity index (χ1n) is 5.45. The molecule has 0 radical (unpaired) electrons. The number of benzene rings is 1. The van der Waals surface area contributed by atoms with Crippen LogP contribution in [-0.4, -0.2) is 33.9 Å². The third-order valence-corrected chi connectivity index (χ3v) is 3.78. The number of carbonyl (C=O) groups is 3. The van der Waals surface area contributed by atoms with Crippen molar-refractivity contribution in [1.82, 2.24) is 0 Å². The fraction of sp³-hybridized carbons (Fsp3) is 0.250. The Morgan fingerprint density at radius 2 is 2.00 bits per heavy atom. The Labute approximate surface area is 112 Å². The molecule has 0 saturated carbocycles. The number of carboxylic acids is 1. The minimum atomic E-state index is -1.04. The van der Waals surface area contributed by atoms with Crippen LogP contribution in [0.3, 0.4) is 0 Å². The van der Waals surface area contributed by atoms with Crippen LogP contribution in [-0.2, 0) is 14.4 Å². The lowest BCUT2D eigenvalue weighted by molar-refractivity contribution is -0.134. The van der Waals surface area contributed by atoms with Crippen molar-refractivity contribution in [3.05, 3.63) is 30.1 Å². The van der Waals surface area contributed by atoms with Crippen LogP contribution in [0.1, 0.15) is 6.42 Å². The van der Waals surface area contributed by atoms with E-state index in [4.69, 9.17) is 5.11 Å². The van der Waals surface area contributed by atoms with Gasteiger partial charge >= 0.3 is 5.97 Å². The van der Waals surface area contributed by atoms with Crippen LogP contribution in [0.5, 0.6) is 0 Å². The molecule has 5 nitrogen and oxygen atoms in total. The molecule has 1 aliphatic heterocycles. The molecule has 0 bridgehead atoms. The fourth-order valence-electron chi connectivity index (χ4n) is 1.77. The molecular formula is C12H10FNO4S. The first-order valence-corrected chi connectivity index (χ1v) is 6.49. The van der Waals surface area contributed by atoms with E-state index in [-0.39, 0.29) is 12.2 Å². The van der Waals surface area contributed by atoms with Crippen LogP contribution >= 0.6 is 11.8 Å². The number of carboxylic acid groups (broad SMARTS) is 1. The van der Waals surface area contributed by atoms with Gasteiger partial charge in [-0.05, 0) is 24.3 Å². The summed E-state index contributed by atoms with van der Waals surface area (Å²) in [5.41, 5.74) is 0.301. The quantitative estimate of drug-likeness (QED) is 0.842. The van der Waals surface area contributed by atoms with Gasteiger partial charge in [-0.2, -0.15) is 0 Å². The largest absolute Gasteiger partial charge is 0.481 e. The second-order valence-corrected chi connectivity index (χ2v) is 5.13. The van der Waals surface area contributed by atoms with Crippen LogP contribution in [0, 0.1) is 5.82 Å². The summed E-state index contributed by atoms with van der Waals surface area (Å²) in [7, 11) is 0. The maximum Gasteiger partial charge on any atom is 0.313 e. The van der Waals surface area contributed by atoms with Crippen LogP contribution in [0.2, 0.25) is 0 Å². The molecule has 7 heteroatoms. The van der Waals surface area contributed by atoms with Gasteiger partial charge in [0.1, 0.15) is 5.82 Å². The predicted molar refractivity (Wildman–Crippen MR) is 67.4 cm³/mol. The van der Waals surface area contributed by atoms with Crippen LogP contribution in [0.15, 0.2) is 24.3 Å². The minimum absolute atomic E-state index is 0.0336. The summed E-state index contributed by atoms with van der Waals surface area (Å²) in [6.45, 7) is 0. The SMILES string of the molecule is O=C(O)CS[C@H]1CC(=O)N(c2ccc(F)cc2)C1=O. The minimum Gasteiger partial charge on any atom is -0.481 e. The molecule has 0 unspecified atom stereocenters. The zero-order valence-electron chi connectivity index (χ0n) is 9.71. The highest BCUT2D eigenvalue weighted by Gasteiger charge is 2.39. The van der Waals surface area contributed by atoms with E-state index in [1.807, 2.05) is 0 Å². The average Bonchev–Trinajstić information content (AvgIpc) is 2.63. The Morgan fingerprint density at radius 3 is 2.58 bits per heavy atom. The van der Waals surface area contributed by atoms with Crippen molar-refractivity contribution in [3.8, 4) is 0 Å². The molecule has 1 atom stereocenters. The summed E-state index contributed by atoms with van der Waals surface area (Å²) >= 11 is 0.920. The van der Waals surface area contributed by atoms with Crippen molar-refractivity contribution in [3.63, 3.8) is 0 Å². The van der Waals surface area contributed by atoms with E-state index in [1.165, 1.54) is 12.1 Å². The van der Waals surface area contributed by atoms with Gasteiger partial charge < -0.3 is 5.11 Å². The first-order chi connectivity index (χ1) is 8.99. The lowest BCUT2D eigenvalue weighted by Gasteiger charge is -2.14. The van der Waals surface area contributed by atoms with Crippen molar-refractivity contribution in [2.24, 2.45) is 0 Å². The van der Waals surface area contributed by atoms with Crippen molar-refractivity contribution >= 4 is 35.2 Å². The average molecular weight is 283 g/mol. The van der Waals surface area contributed by atoms with Gasteiger partial charge in [0.15, 0.2) is 0 Å². The van der Waals surface area contributed by atoms with Crippen LogP contribution in [0.4, 0.5) is 10.1 Å². The summed E-state index contributed by atoms with van der Waals surface area (Å²) in [6.07, 6.45) is -0.0336. The van der Waals surface area contributed by atoms with Crippen molar-refractivity contribution < 1.29 is 23.9 Å². The molecule has 100 valence electrons. The van der Waals surface area contributed by atoms with E-state index in [2.05, 4.69) is 0 Å². The number of carbonyl (C=O) groups excluding carboxylic acids is 2. The van der Waals surface area contributed by atoms with Crippen molar-refractivity contribution in [1.29, 1.82) is 0 Å². The molecule has 19 heavy (non-hydrogen) atoms. The predicted octanol–water partition coefficient (Wildman–Crippen LogP) is 1.28. The lowest BCUT2D eigenvalue weighted by Crippen LogP contribution is -2.31. The van der Waals surface area contributed by atoms with Gasteiger partial charge in [0.05, 0.1) is 16.7 Å². The number of hydrogen-bond acceptors (Lipinski definition) is 4. The Hall–Kier alpha value is -1.89. The molecular weight excluding hydrogens is 273 g/mol.